The molecule has 3 N–H and O–H groups in total. The highest BCUT2D eigenvalue weighted by molar-refractivity contribution is 7.92. The number of sulfonamides is 1. The van der Waals surface area contributed by atoms with Crippen molar-refractivity contribution in [3.8, 4) is 11.5 Å². The smallest absolute Gasteiger partial charge is 0.286 e. The largest absolute Gasteiger partial charge is 0.490 e. The maximum atomic E-state index is 12.8. The molecule has 0 fully saturated rings. The van der Waals surface area contributed by atoms with Gasteiger partial charge in [0.05, 0.1) is 24.4 Å². The second-order valence-electron chi connectivity index (χ2n) is 7.73. The van der Waals surface area contributed by atoms with Crippen LogP contribution in [0.25, 0.3) is 0 Å². The highest BCUT2D eigenvalue weighted by Gasteiger charge is 2.19. The van der Waals surface area contributed by atoms with Gasteiger partial charge < -0.3 is 24.5 Å². The molecule has 4 rings (SSSR count). The van der Waals surface area contributed by atoms with Crippen molar-refractivity contribution in [2.45, 2.75) is 24.2 Å². The number of hydrogen-bond acceptors (Lipinski definition) is 7. The van der Waals surface area contributed by atoms with Gasteiger partial charge in [-0.25, -0.2) is 8.42 Å². The van der Waals surface area contributed by atoms with Crippen molar-refractivity contribution in [2.24, 2.45) is 0 Å². The molecule has 2 amide bonds. The van der Waals surface area contributed by atoms with E-state index in [4.69, 9.17) is 13.9 Å². The third-order valence-electron chi connectivity index (χ3n) is 5.06. The van der Waals surface area contributed by atoms with Crippen LogP contribution >= 0.6 is 0 Å². The van der Waals surface area contributed by atoms with Gasteiger partial charge in [0.1, 0.15) is 0 Å². The van der Waals surface area contributed by atoms with Crippen LogP contribution in [0.2, 0.25) is 0 Å². The van der Waals surface area contributed by atoms with Crippen molar-refractivity contribution < 1.29 is 31.9 Å². The summed E-state index contributed by atoms with van der Waals surface area (Å²) in [6.45, 7) is 1.30. The van der Waals surface area contributed by atoms with E-state index in [-0.39, 0.29) is 28.9 Å². The molecule has 1 aliphatic rings. The van der Waals surface area contributed by atoms with E-state index in [1.807, 2.05) is 0 Å². The number of ether oxygens (including phenoxy) is 2. The van der Waals surface area contributed by atoms with Crippen LogP contribution in [0.1, 0.15) is 29.8 Å². The van der Waals surface area contributed by atoms with Gasteiger partial charge >= 0.3 is 0 Å². The van der Waals surface area contributed by atoms with Crippen LogP contribution < -0.4 is 24.8 Å². The van der Waals surface area contributed by atoms with Crippen LogP contribution in [0, 0.1) is 0 Å². The number of benzene rings is 2. The second kappa shape index (κ2) is 11.0. The molecule has 0 saturated carbocycles. The average molecular weight is 500 g/mol. The van der Waals surface area contributed by atoms with Crippen molar-refractivity contribution in [1.29, 1.82) is 0 Å². The number of rotatable bonds is 9. The normalized spacial score (nSPS) is 12.9. The SMILES string of the molecule is O=C(CCCNC(=O)c1ccco1)Nc1ccc(NS(=O)(=O)c2ccc3c(c2)OCCCO3)cc1. The zero-order valence-electron chi connectivity index (χ0n) is 18.8. The first-order chi connectivity index (χ1) is 16.9. The molecule has 0 atom stereocenters. The Morgan fingerprint density at radius 3 is 2.40 bits per heavy atom. The summed E-state index contributed by atoms with van der Waals surface area (Å²) in [5.74, 6) is 0.568. The van der Waals surface area contributed by atoms with Gasteiger partial charge in [0.2, 0.25) is 5.91 Å². The van der Waals surface area contributed by atoms with E-state index in [1.54, 1.807) is 42.5 Å². The summed E-state index contributed by atoms with van der Waals surface area (Å²) in [7, 11) is -3.85. The Labute approximate surface area is 202 Å². The number of hydrogen-bond donors (Lipinski definition) is 3. The first-order valence-electron chi connectivity index (χ1n) is 11.0. The number of carbonyl (C=O) groups excluding carboxylic acids is 2. The highest BCUT2D eigenvalue weighted by atomic mass is 32.2. The maximum Gasteiger partial charge on any atom is 0.286 e. The van der Waals surface area contributed by atoms with Gasteiger partial charge in [0.25, 0.3) is 15.9 Å². The Morgan fingerprint density at radius 1 is 0.914 bits per heavy atom. The fourth-order valence-electron chi connectivity index (χ4n) is 3.32. The van der Waals surface area contributed by atoms with Gasteiger partial charge in [-0.3, -0.25) is 14.3 Å². The van der Waals surface area contributed by atoms with Crippen LogP contribution in [0.4, 0.5) is 11.4 Å². The number of nitrogens with one attached hydrogen (secondary N) is 3. The first kappa shape index (κ1) is 24.1. The third-order valence-corrected chi connectivity index (χ3v) is 6.44. The molecule has 0 spiro atoms. The van der Waals surface area contributed by atoms with Crippen LogP contribution in [-0.2, 0) is 14.8 Å². The fraction of sp³-hybridized carbons (Fsp3) is 0.250. The molecule has 10 nitrogen and oxygen atoms in total. The van der Waals surface area contributed by atoms with Gasteiger partial charge in [0, 0.05) is 36.8 Å². The van der Waals surface area contributed by atoms with Crippen LogP contribution in [-0.4, -0.2) is 40.0 Å². The zero-order chi connectivity index (χ0) is 24.7. The molecule has 2 heterocycles. The molecule has 0 bridgehead atoms. The summed E-state index contributed by atoms with van der Waals surface area (Å²) in [6.07, 6.45) is 2.79. The van der Waals surface area contributed by atoms with E-state index in [0.29, 0.717) is 49.1 Å². The summed E-state index contributed by atoms with van der Waals surface area (Å²) < 4.78 is 44.2. The molecule has 0 unspecified atom stereocenters. The van der Waals surface area contributed by atoms with E-state index in [1.165, 1.54) is 18.4 Å². The number of anilines is 2. The second-order valence-corrected chi connectivity index (χ2v) is 9.41. The molecule has 11 heteroatoms. The molecular weight excluding hydrogens is 474 g/mol. The minimum atomic E-state index is -3.85. The molecule has 3 aromatic rings. The lowest BCUT2D eigenvalue weighted by Crippen LogP contribution is -2.25. The minimum absolute atomic E-state index is 0.0540. The zero-order valence-corrected chi connectivity index (χ0v) is 19.6. The lowest BCUT2D eigenvalue weighted by Gasteiger charge is -2.12. The molecule has 0 radical (unpaired) electrons. The van der Waals surface area contributed by atoms with Gasteiger partial charge in [-0.1, -0.05) is 0 Å². The predicted octanol–water partition coefficient (Wildman–Crippen LogP) is 3.39. The number of furan rings is 1. The van der Waals surface area contributed by atoms with E-state index in [9.17, 15) is 18.0 Å². The molecular formula is C24H25N3O7S. The Morgan fingerprint density at radius 2 is 1.66 bits per heavy atom. The summed E-state index contributed by atoms with van der Waals surface area (Å²) in [6, 6.07) is 14.0. The summed E-state index contributed by atoms with van der Waals surface area (Å²) in [4.78, 5) is 24.0. The number of fused-ring (bicyclic) bond motifs is 1. The Kier molecular flexibility index (Phi) is 7.56. The van der Waals surface area contributed by atoms with E-state index in [2.05, 4.69) is 15.4 Å². The van der Waals surface area contributed by atoms with E-state index >= 15 is 0 Å². The predicted molar refractivity (Wildman–Crippen MR) is 128 cm³/mol. The topological polar surface area (TPSA) is 136 Å². The van der Waals surface area contributed by atoms with E-state index in [0.717, 1.165) is 6.42 Å². The van der Waals surface area contributed by atoms with Crippen molar-refractivity contribution in [2.75, 3.05) is 29.8 Å². The monoisotopic (exact) mass is 499 g/mol. The molecule has 1 aromatic heterocycles. The Bertz CT molecular complexity index is 1270. The van der Waals surface area contributed by atoms with Gasteiger partial charge in [-0.15, -0.1) is 0 Å². The highest BCUT2D eigenvalue weighted by Crippen LogP contribution is 2.32. The third kappa shape index (κ3) is 6.54. The summed E-state index contributed by atoms with van der Waals surface area (Å²) >= 11 is 0. The maximum absolute atomic E-state index is 12.8. The van der Waals surface area contributed by atoms with Crippen LogP contribution in [0.3, 0.4) is 0 Å². The van der Waals surface area contributed by atoms with Crippen LogP contribution in [0.5, 0.6) is 11.5 Å². The van der Waals surface area contributed by atoms with Crippen molar-refractivity contribution in [3.63, 3.8) is 0 Å². The van der Waals surface area contributed by atoms with E-state index < -0.39 is 10.0 Å². The minimum Gasteiger partial charge on any atom is -0.490 e. The Balaban J connectivity index is 1.26. The fourth-order valence-corrected chi connectivity index (χ4v) is 4.39. The summed E-state index contributed by atoms with van der Waals surface area (Å²) in [5, 5.41) is 5.42. The molecule has 1 aliphatic heterocycles. The van der Waals surface area contributed by atoms with Gasteiger partial charge in [0.15, 0.2) is 17.3 Å². The standard InChI is InChI=1S/C24H25N3O7S/c28-23(5-1-12-25-24(29)21-4-2-13-33-21)26-17-6-8-18(9-7-17)27-35(30,31)19-10-11-20-22(16-19)34-15-3-14-32-20/h2,4,6-11,13,16,27H,1,3,5,12,14-15H2,(H,25,29)(H,26,28). The van der Waals surface area contributed by atoms with Crippen molar-refractivity contribution in [3.05, 3.63) is 66.6 Å². The molecule has 184 valence electrons. The first-order valence-corrected chi connectivity index (χ1v) is 12.5. The lowest BCUT2D eigenvalue weighted by atomic mass is 10.2. The van der Waals surface area contributed by atoms with Crippen molar-refractivity contribution >= 4 is 33.2 Å². The average Bonchev–Trinajstić information content (AvgIpc) is 3.28. The quantitative estimate of drug-likeness (QED) is 0.384. The van der Waals surface area contributed by atoms with Gasteiger partial charge in [-0.05, 0) is 55.0 Å². The Hall–Kier alpha value is -3.99. The van der Waals surface area contributed by atoms with Gasteiger partial charge in [-0.2, -0.15) is 0 Å². The molecule has 35 heavy (non-hydrogen) atoms. The molecule has 2 aromatic carbocycles. The lowest BCUT2D eigenvalue weighted by molar-refractivity contribution is -0.116. The number of carbonyl (C=O) groups is 2. The molecule has 0 aliphatic carbocycles. The van der Waals surface area contributed by atoms with Crippen molar-refractivity contribution in [1.82, 2.24) is 5.32 Å². The van der Waals surface area contributed by atoms with Crippen LogP contribution in [0.15, 0.2) is 70.2 Å². The number of amides is 2. The summed E-state index contributed by atoms with van der Waals surface area (Å²) in [5.41, 5.74) is 0.865. The molecule has 0 saturated heterocycles.